The fourth-order valence-corrected chi connectivity index (χ4v) is 1.41. The third kappa shape index (κ3) is 6.47. The van der Waals surface area contributed by atoms with Crippen LogP contribution in [0.2, 0.25) is 0 Å². The third-order valence-electron chi connectivity index (χ3n) is 2.68. The van der Waals surface area contributed by atoms with Crippen LogP contribution >= 0.6 is 0 Å². The highest BCUT2D eigenvalue weighted by Gasteiger charge is 2.11. The zero-order valence-electron chi connectivity index (χ0n) is 10.4. The van der Waals surface area contributed by atoms with Gasteiger partial charge in [0.25, 0.3) is 0 Å². The van der Waals surface area contributed by atoms with Crippen molar-refractivity contribution >= 4 is 5.91 Å². The van der Waals surface area contributed by atoms with Crippen molar-refractivity contribution in [2.75, 3.05) is 26.2 Å². The highest BCUT2D eigenvalue weighted by molar-refractivity contribution is 5.76. The molecule has 0 aromatic rings. The molecule has 2 unspecified atom stereocenters. The number of nitrogens with zero attached hydrogens (tertiary/aromatic N) is 1. The fourth-order valence-electron chi connectivity index (χ4n) is 1.41. The first-order valence-corrected chi connectivity index (χ1v) is 5.76. The summed E-state index contributed by atoms with van der Waals surface area (Å²) in [5.74, 6) is -0.332. The first-order valence-electron chi connectivity index (χ1n) is 5.76. The van der Waals surface area contributed by atoms with Crippen LogP contribution in [0.1, 0.15) is 27.7 Å². The van der Waals surface area contributed by atoms with E-state index in [0.29, 0.717) is 12.6 Å². The van der Waals surface area contributed by atoms with Gasteiger partial charge in [-0.3, -0.25) is 4.79 Å². The fraction of sp³-hybridized carbons (Fsp3) is 0.909. The van der Waals surface area contributed by atoms with Crippen LogP contribution in [-0.2, 0) is 4.79 Å². The van der Waals surface area contributed by atoms with E-state index >= 15 is 0 Å². The van der Waals surface area contributed by atoms with Gasteiger partial charge in [-0.05, 0) is 20.0 Å². The first kappa shape index (κ1) is 14.4. The Labute approximate surface area is 93.2 Å². The molecule has 0 rings (SSSR count). The number of likely N-dealkylation sites (N-methyl/N-ethyl adjacent to an activating group) is 1. The molecule has 0 aliphatic rings. The Bertz CT molecular complexity index is 181. The Morgan fingerprint density at radius 2 is 1.87 bits per heavy atom. The maximum absolute atomic E-state index is 10.8. The molecule has 0 saturated heterocycles. The summed E-state index contributed by atoms with van der Waals surface area (Å²) in [6.07, 6.45) is 0. The van der Waals surface area contributed by atoms with E-state index in [4.69, 9.17) is 5.73 Å². The van der Waals surface area contributed by atoms with Gasteiger partial charge in [-0.1, -0.05) is 20.8 Å². The van der Waals surface area contributed by atoms with E-state index in [1.807, 2.05) is 6.92 Å². The van der Waals surface area contributed by atoms with Crippen LogP contribution in [0.15, 0.2) is 0 Å². The van der Waals surface area contributed by atoms with Gasteiger partial charge in [0, 0.05) is 25.0 Å². The van der Waals surface area contributed by atoms with Gasteiger partial charge in [-0.25, -0.2) is 0 Å². The van der Waals surface area contributed by atoms with Gasteiger partial charge in [0.1, 0.15) is 0 Å². The molecule has 1 amide bonds. The lowest BCUT2D eigenvalue weighted by molar-refractivity contribution is -0.121. The molecular formula is C11H25N3O. The van der Waals surface area contributed by atoms with Crippen LogP contribution in [0.25, 0.3) is 0 Å². The van der Waals surface area contributed by atoms with E-state index < -0.39 is 0 Å². The topological polar surface area (TPSA) is 58.4 Å². The second-order valence-electron chi connectivity index (χ2n) is 4.10. The Kier molecular flexibility index (Phi) is 7.34. The van der Waals surface area contributed by atoms with Gasteiger partial charge < -0.3 is 16.0 Å². The second kappa shape index (κ2) is 7.65. The highest BCUT2D eigenvalue weighted by atomic mass is 16.1. The van der Waals surface area contributed by atoms with Crippen molar-refractivity contribution in [2.45, 2.75) is 33.7 Å². The van der Waals surface area contributed by atoms with E-state index in [2.05, 4.69) is 31.0 Å². The normalized spacial score (nSPS) is 15.3. The lowest BCUT2D eigenvalue weighted by atomic mass is 10.1. The minimum Gasteiger partial charge on any atom is -0.369 e. The van der Waals surface area contributed by atoms with E-state index in [9.17, 15) is 4.79 Å². The lowest BCUT2D eigenvalue weighted by Crippen LogP contribution is -2.42. The van der Waals surface area contributed by atoms with Gasteiger partial charge in [0.15, 0.2) is 0 Å². The summed E-state index contributed by atoms with van der Waals surface area (Å²) in [7, 11) is 0. The van der Waals surface area contributed by atoms with Crippen LogP contribution in [0.5, 0.6) is 0 Å². The number of amides is 1. The number of hydrogen-bond donors (Lipinski definition) is 2. The molecule has 0 bridgehead atoms. The summed E-state index contributed by atoms with van der Waals surface area (Å²) < 4.78 is 0. The molecule has 0 fully saturated rings. The van der Waals surface area contributed by atoms with Crippen molar-refractivity contribution in [1.29, 1.82) is 0 Å². The predicted molar refractivity (Wildman–Crippen MR) is 63.6 cm³/mol. The zero-order valence-corrected chi connectivity index (χ0v) is 10.4. The number of primary amides is 1. The molecule has 90 valence electrons. The molecule has 0 aromatic heterocycles. The van der Waals surface area contributed by atoms with Crippen molar-refractivity contribution < 1.29 is 4.79 Å². The molecule has 0 heterocycles. The molecule has 4 nitrogen and oxygen atoms in total. The molecular weight excluding hydrogens is 190 g/mol. The van der Waals surface area contributed by atoms with Gasteiger partial charge in [-0.15, -0.1) is 0 Å². The lowest BCUT2D eigenvalue weighted by Gasteiger charge is -2.24. The van der Waals surface area contributed by atoms with Crippen molar-refractivity contribution in [3.05, 3.63) is 0 Å². The van der Waals surface area contributed by atoms with Gasteiger partial charge in [-0.2, -0.15) is 0 Å². The van der Waals surface area contributed by atoms with Crippen molar-refractivity contribution in [1.82, 2.24) is 10.2 Å². The number of hydrogen-bond acceptors (Lipinski definition) is 3. The van der Waals surface area contributed by atoms with Crippen LogP contribution in [0.3, 0.4) is 0 Å². The zero-order chi connectivity index (χ0) is 11.8. The van der Waals surface area contributed by atoms with Gasteiger partial charge in [0.05, 0.1) is 0 Å². The van der Waals surface area contributed by atoms with E-state index in [1.54, 1.807) is 0 Å². The average Bonchev–Trinajstić information content (AvgIpc) is 2.22. The number of carbonyl (C=O) groups excluding carboxylic acids is 1. The molecule has 3 N–H and O–H groups in total. The molecule has 2 atom stereocenters. The van der Waals surface area contributed by atoms with Crippen LogP contribution in [0.4, 0.5) is 0 Å². The average molecular weight is 215 g/mol. The summed E-state index contributed by atoms with van der Waals surface area (Å²) in [6.45, 7) is 12.1. The van der Waals surface area contributed by atoms with E-state index in [1.165, 1.54) is 0 Å². The van der Waals surface area contributed by atoms with Crippen LogP contribution < -0.4 is 11.1 Å². The largest absolute Gasteiger partial charge is 0.369 e. The maximum Gasteiger partial charge on any atom is 0.221 e. The molecule has 4 heteroatoms. The predicted octanol–water partition coefficient (Wildman–Crippen LogP) is 0.428. The smallest absolute Gasteiger partial charge is 0.221 e. The number of carbonyl (C=O) groups is 1. The highest BCUT2D eigenvalue weighted by Crippen LogP contribution is 1.94. The maximum atomic E-state index is 10.8. The summed E-state index contributed by atoms with van der Waals surface area (Å²) in [5.41, 5.74) is 5.19. The summed E-state index contributed by atoms with van der Waals surface area (Å²) in [4.78, 5) is 13.2. The van der Waals surface area contributed by atoms with Crippen LogP contribution in [-0.4, -0.2) is 43.0 Å². The Balaban J connectivity index is 3.73. The molecule has 0 aromatic carbocycles. The van der Waals surface area contributed by atoms with E-state index in [0.717, 1.165) is 19.6 Å². The molecule has 0 aliphatic heterocycles. The van der Waals surface area contributed by atoms with Crippen molar-refractivity contribution in [3.8, 4) is 0 Å². The van der Waals surface area contributed by atoms with Gasteiger partial charge >= 0.3 is 0 Å². The monoisotopic (exact) mass is 215 g/mol. The van der Waals surface area contributed by atoms with E-state index in [-0.39, 0.29) is 11.8 Å². The molecule has 0 radical (unpaired) electrons. The summed E-state index contributed by atoms with van der Waals surface area (Å²) in [6, 6.07) is 0.395. The third-order valence-corrected chi connectivity index (χ3v) is 2.68. The number of nitrogens with one attached hydrogen (secondary N) is 1. The van der Waals surface area contributed by atoms with Gasteiger partial charge in [0.2, 0.25) is 5.91 Å². The Morgan fingerprint density at radius 1 is 1.33 bits per heavy atom. The summed E-state index contributed by atoms with van der Waals surface area (Å²) >= 11 is 0. The number of nitrogens with two attached hydrogens (primary N) is 1. The molecule has 0 aliphatic carbocycles. The number of rotatable bonds is 8. The minimum atomic E-state index is -0.238. The molecule has 0 saturated carbocycles. The minimum absolute atomic E-state index is 0.0934. The Morgan fingerprint density at radius 3 is 2.27 bits per heavy atom. The quantitative estimate of drug-likeness (QED) is 0.617. The summed E-state index contributed by atoms with van der Waals surface area (Å²) in [5, 5.41) is 3.32. The molecule has 15 heavy (non-hydrogen) atoms. The first-order chi connectivity index (χ1) is 7.01. The van der Waals surface area contributed by atoms with Crippen LogP contribution in [0, 0.1) is 5.92 Å². The second-order valence-corrected chi connectivity index (χ2v) is 4.10. The van der Waals surface area contributed by atoms with Crippen molar-refractivity contribution in [2.24, 2.45) is 11.7 Å². The Hall–Kier alpha value is -0.610. The molecule has 0 spiro atoms. The standard InChI is InChI=1S/C11H25N3O/c1-5-14(6-2)8-10(4)13-7-9(3)11(12)15/h9-10,13H,5-8H2,1-4H3,(H2,12,15). The SMILES string of the molecule is CCN(CC)CC(C)NCC(C)C(N)=O. The van der Waals surface area contributed by atoms with Crippen molar-refractivity contribution in [3.63, 3.8) is 0 Å².